The SMILES string of the molecule is CC(C)Oc1ccc(-c2nc(O[C@@H]3C[C@H]4C(=O)C[C@]5(C(=O)NS(=O)(=O)C6CC6)C[C@@H]5/C=C\CCCCC[C@H](Cc5cccc(C(F)(F)F)c5)C(=O)N4C3)c3oc4ccccc4c3n2)cc1. The summed E-state index contributed by atoms with van der Waals surface area (Å²) in [5.41, 5.74) is 0.152. The van der Waals surface area contributed by atoms with Crippen molar-refractivity contribution >= 4 is 49.7 Å². The smallest absolute Gasteiger partial charge is 0.416 e. The van der Waals surface area contributed by atoms with E-state index in [1.54, 1.807) is 12.1 Å². The Bertz CT molecular complexity index is 2770. The van der Waals surface area contributed by atoms with Crippen LogP contribution in [0.1, 0.15) is 89.2 Å². The van der Waals surface area contributed by atoms with Crippen LogP contribution in [0.15, 0.2) is 89.4 Å². The molecule has 2 saturated carbocycles. The maximum absolute atomic E-state index is 15.0. The second kappa shape index (κ2) is 17.6. The van der Waals surface area contributed by atoms with Crippen molar-refractivity contribution in [2.45, 2.75) is 114 Å². The first-order valence-corrected chi connectivity index (χ1v) is 24.0. The number of hydrogen-bond acceptors (Lipinski definition) is 10. The number of allylic oxidation sites excluding steroid dienone is 2. The van der Waals surface area contributed by atoms with Gasteiger partial charge in [-0.1, -0.05) is 55.3 Å². The molecule has 9 rings (SSSR count). The fraction of sp³-hybridized carbons (Fsp3) is 0.449. The predicted molar refractivity (Wildman–Crippen MR) is 236 cm³/mol. The van der Waals surface area contributed by atoms with Crippen molar-refractivity contribution in [3.63, 3.8) is 0 Å². The summed E-state index contributed by atoms with van der Waals surface area (Å²) in [6, 6.07) is 18.5. The zero-order valence-corrected chi connectivity index (χ0v) is 37.0. The molecule has 4 heterocycles. The van der Waals surface area contributed by atoms with Crippen LogP contribution in [0.2, 0.25) is 0 Å². The average Bonchev–Trinajstić information content (AvgIpc) is 4.17. The van der Waals surface area contributed by atoms with Gasteiger partial charge in [0.2, 0.25) is 27.4 Å². The third-order valence-corrected chi connectivity index (χ3v) is 14.8. The number of nitrogens with one attached hydrogen (secondary N) is 1. The number of carbonyl (C=O) groups is 3. The molecule has 16 heteroatoms. The third kappa shape index (κ3) is 9.50. The van der Waals surface area contributed by atoms with E-state index >= 15 is 4.79 Å². The van der Waals surface area contributed by atoms with Gasteiger partial charge in [-0.05, 0) is 113 Å². The molecule has 2 aliphatic heterocycles. The molecule has 12 nitrogen and oxygen atoms in total. The summed E-state index contributed by atoms with van der Waals surface area (Å²) < 4.78 is 88.7. The summed E-state index contributed by atoms with van der Waals surface area (Å²) >= 11 is 0. The average molecular weight is 913 g/mol. The van der Waals surface area contributed by atoms with Crippen LogP contribution in [0.25, 0.3) is 33.5 Å². The second-order valence-corrected chi connectivity index (χ2v) is 20.2. The van der Waals surface area contributed by atoms with E-state index in [0.29, 0.717) is 65.9 Å². The number of benzene rings is 3. The number of aromatic nitrogens is 2. The Labute approximate surface area is 375 Å². The van der Waals surface area contributed by atoms with Crippen LogP contribution in [0.4, 0.5) is 13.2 Å². The lowest BCUT2D eigenvalue weighted by atomic mass is 9.89. The van der Waals surface area contributed by atoms with Crippen LogP contribution < -0.4 is 14.2 Å². The number of carbonyl (C=O) groups excluding carboxylic acids is 3. The first kappa shape index (κ1) is 44.4. The van der Waals surface area contributed by atoms with Gasteiger partial charge in [0.05, 0.1) is 34.9 Å². The minimum absolute atomic E-state index is 0.00171. The molecule has 5 aromatic rings. The second-order valence-electron chi connectivity index (χ2n) is 18.3. The lowest BCUT2D eigenvalue weighted by Gasteiger charge is -2.29. The normalized spacial score (nSPS) is 24.9. The van der Waals surface area contributed by atoms with Crippen molar-refractivity contribution in [2.24, 2.45) is 17.3 Å². The largest absolute Gasteiger partial charge is 0.491 e. The van der Waals surface area contributed by atoms with Crippen LogP contribution in [0, 0.1) is 17.3 Å². The molecule has 4 aliphatic rings. The Morgan fingerprint density at radius 3 is 2.52 bits per heavy atom. The molecule has 1 saturated heterocycles. The number of alkyl halides is 3. The summed E-state index contributed by atoms with van der Waals surface area (Å²) in [6.07, 6.45) is 2.42. The highest BCUT2D eigenvalue weighted by molar-refractivity contribution is 7.90. The van der Waals surface area contributed by atoms with E-state index in [1.165, 1.54) is 11.0 Å². The molecule has 0 radical (unpaired) electrons. The summed E-state index contributed by atoms with van der Waals surface area (Å²) in [5, 5.41) is 0.0693. The van der Waals surface area contributed by atoms with Crippen LogP contribution in [-0.4, -0.2) is 70.9 Å². The lowest BCUT2D eigenvalue weighted by Crippen LogP contribution is -2.46. The van der Waals surface area contributed by atoms with Gasteiger partial charge in [0, 0.05) is 29.7 Å². The molecule has 1 N–H and O–H groups in total. The first-order valence-electron chi connectivity index (χ1n) is 22.4. The predicted octanol–water partition coefficient (Wildman–Crippen LogP) is 9.15. The zero-order chi connectivity index (χ0) is 45.7. The Morgan fingerprint density at radius 2 is 1.77 bits per heavy atom. The topological polar surface area (TPSA) is 158 Å². The highest BCUT2D eigenvalue weighted by Gasteiger charge is 2.61. The molecule has 0 spiro atoms. The van der Waals surface area contributed by atoms with E-state index in [4.69, 9.17) is 23.9 Å². The molecule has 5 atom stereocenters. The number of fused-ring (bicyclic) bond motifs is 5. The molecule has 2 amide bonds. The van der Waals surface area contributed by atoms with Crippen molar-refractivity contribution in [1.29, 1.82) is 0 Å². The molecule has 3 fully saturated rings. The molecule has 2 aliphatic carbocycles. The molecular weight excluding hydrogens is 862 g/mol. The zero-order valence-electron chi connectivity index (χ0n) is 36.2. The molecule has 3 aromatic carbocycles. The molecule has 0 unspecified atom stereocenters. The van der Waals surface area contributed by atoms with E-state index in [9.17, 15) is 31.2 Å². The van der Waals surface area contributed by atoms with Gasteiger partial charge in [0.15, 0.2) is 11.6 Å². The first-order chi connectivity index (χ1) is 31.1. The lowest BCUT2D eigenvalue weighted by molar-refractivity contribution is -0.142. The summed E-state index contributed by atoms with van der Waals surface area (Å²) in [4.78, 5) is 55.0. The van der Waals surface area contributed by atoms with Crippen molar-refractivity contribution < 1.29 is 49.9 Å². The van der Waals surface area contributed by atoms with E-state index in [2.05, 4.69) is 4.72 Å². The van der Waals surface area contributed by atoms with E-state index in [0.717, 1.165) is 30.4 Å². The Balaban J connectivity index is 1.07. The van der Waals surface area contributed by atoms with Gasteiger partial charge < -0.3 is 18.8 Å². The van der Waals surface area contributed by atoms with E-state index < -0.39 is 68.1 Å². The maximum atomic E-state index is 15.0. The summed E-state index contributed by atoms with van der Waals surface area (Å²) in [5.74, 6) is -1.66. The van der Waals surface area contributed by atoms with Crippen molar-refractivity contribution in [3.8, 4) is 23.0 Å². The van der Waals surface area contributed by atoms with Gasteiger partial charge in [0.1, 0.15) is 23.0 Å². The van der Waals surface area contributed by atoms with E-state index in [1.807, 2.05) is 68.5 Å². The van der Waals surface area contributed by atoms with Gasteiger partial charge >= 0.3 is 6.18 Å². The minimum atomic E-state index is -4.58. The Hall–Kier alpha value is -5.77. The van der Waals surface area contributed by atoms with Gasteiger partial charge in [-0.2, -0.15) is 18.2 Å². The molecular formula is C49H51F3N4O8S. The third-order valence-electron chi connectivity index (χ3n) is 13.0. The monoisotopic (exact) mass is 912 g/mol. The van der Waals surface area contributed by atoms with Gasteiger partial charge in [0.25, 0.3) is 5.88 Å². The number of amides is 2. The highest BCUT2D eigenvalue weighted by Crippen LogP contribution is 2.57. The van der Waals surface area contributed by atoms with E-state index in [-0.39, 0.29) is 55.7 Å². The quantitative estimate of drug-likeness (QED) is 0.134. The number of halogens is 3. The van der Waals surface area contributed by atoms with Crippen LogP contribution >= 0.6 is 0 Å². The highest BCUT2D eigenvalue weighted by atomic mass is 32.2. The molecule has 65 heavy (non-hydrogen) atoms. The number of hydrogen-bond donors (Lipinski definition) is 1. The maximum Gasteiger partial charge on any atom is 0.416 e. The number of nitrogens with zero attached hydrogens (tertiary/aromatic N) is 3. The number of furan rings is 1. The standard InChI is InChI=1S/C49H51F3N4O8S/c1-29(2)62-35-19-17-31(18-20-35)44-53-42-38-15-8-9-16-41(38)64-43(42)45(54-44)63-36-25-39-40(57)27-48(47(59)55-65(60,61)37-21-22-37)26-34(48)13-7-5-3-4-6-12-32(46(58)56(39)28-36)23-30-11-10-14-33(24-30)49(50,51)52/h7-11,13-20,24,29,32,34,36-37,39H,3-6,12,21-23,25-28H2,1-2H3,(H,55,59)/b13-7-/t32-,34+,36-,39+,48-/m1/s1. The molecule has 0 bridgehead atoms. The summed E-state index contributed by atoms with van der Waals surface area (Å²) in [6.45, 7) is 3.79. The Kier molecular flexibility index (Phi) is 12.0. The number of ketones is 1. The Morgan fingerprint density at radius 1 is 0.985 bits per heavy atom. The van der Waals surface area contributed by atoms with Crippen molar-refractivity contribution in [2.75, 3.05) is 6.54 Å². The number of Topliss-reactive ketones (excluding diaryl/α,β-unsaturated/α-hetero) is 1. The summed E-state index contributed by atoms with van der Waals surface area (Å²) in [7, 11) is -3.93. The van der Waals surface area contributed by atoms with Gasteiger partial charge in [-0.3, -0.25) is 19.1 Å². The minimum Gasteiger partial charge on any atom is -0.491 e. The number of rotatable bonds is 10. The number of para-hydroxylation sites is 1. The van der Waals surface area contributed by atoms with Crippen molar-refractivity contribution in [3.05, 3.63) is 96.1 Å². The molecule has 2 aromatic heterocycles. The van der Waals surface area contributed by atoms with Gasteiger partial charge in [-0.15, -0.1) is 0 Å². The van der Waals surface area contributed by atoms with Gasteiger partial charge in [-0.25, -0.2) is 13.4 Å². The fourth-order valence-electron chi connectivity index (χ4n) is 9.37. The number of sulfonamides is 1. The van der Waals surface area contributed by atoms with Crippen molar-refractivity contribution in [1.82, 2.24) is 19.6 Å². The fourth-order valence-corrected chi connectivity index (χ4v) is 10.8. The van der Waals surface area contributed by atoms with Crippen LogP contribution in [0.5, 0.6) is 11.6 Å². The van der Waals surface area contributed by atoms with Crippen LogP contribution in [-0.2, 0) is 37.0 Å². The molecule has 342 valence electrons. The van der Waals surface area contributed by atoms with Crippen LogP contribution in [0.3, 0.4) is 0 Å². The number of ether oxygens (including phenoxy) is 2.